The van der Waals surface area contributed by atoms with Crippen molar-refractivity contribution in [3.05, 3.63) is 53.8 Å². The molecule has 0 aromatic heterocycles. The SMILES string of the molecule is Cc1ccccc1NC(=O)CC1C=CN=C(C2=CCNCC2)[C@@H]1C. The maximum absolute atomic E-state index is 12.5. The summed E-state index contributed by atoms with van der Waals surface area (Å²) in [5, 5.41) is 6.37. The number of nitrogens with one attached hydrogen (secondary N) is 2. The van der Waals surface area contributed by atoms with Gasteiger partial charge in [-0.25, -0.2) is 0 Å². The van der Waals surface area contributed by atoms with E-state index in [-0.39, 0.29) is 17.7 Å². The van der Waals surface area contributed by atoms with E-state index in [2.05, 4.69) is 34.7 Å². The third-order valence-electron chi connectivity index (χ3n) is 4.85. The Balaban J connectivity index is 1.64. The number of allylic oxidation sites excluding steroid dienone is 1. The van der Waals surface area contributed by atoms with Crippen molar-refractivity contribution in [2.45, 2.75) is 26.7 Å². The molecule has 1 unspecified atom stereocenters. The molecule has 4 heteroatoms. The number of aliphatic imine (C=N–C) groups is 1. The van der Waals surface area contributed by atoms with Crippen molar-refractivity contribution < 1.29 is 4.79 Å². The predicted octanol–water partition coefficient (Wildman–Crippen LogP) is 3.46. The van der Waals surface area contributed by atoms with E-state index >= 15 is 0 Å². The molecule has 3 rings (SSSR count). The zero-order valence-electron chi connectivity index (χ0n) is 14.4. The average molecular weight is 323 g/mol. The summed E-state index contributed by atoms with van der Waals surface area (Å²) in [7, 11) is 0. The van der Waals surface area contributed by atoms with Crippen LogP contribution >= 0.6 is 0 Å². The van der Waals surface area contributed by atoms with Gasteiger partial charge in [0, 0.05) is 36.5 Å². The smallest absolute Gasteiger partial charge is 0.224 e. The zero-order valence-corrected chi connectivity index (χ0v) is 14.4. The number of hydrogen-bond acceptors (Lipinski definition) is 3. The molecule has 1 aromatic rings. The van der Waals surface area contributed by atoms with Gasteiger partial charge in [0.25, 0.3) is 0 Å². The maximum atomic E-state index is 12.5. The number of amides is 1. The molecule has 126 valence electrons. The van der Waals surface area contributed by atoms with Crippen molar-refractivity contribution >= 4 is 17.3 Å². The molecule has 0 saturated heterocycles. The number of nitrogens with zero attached hydrogens (tertiary/aromatic N) is 1. The molecule has 24 heavy (non-hydrogen) atoms. The lowest BCUT2D eigenvalue weighted by atomic mass is 9.81. The molecule has 0 aliphatic carbocycles. The van der Waals surface area contributed by atoms with Gasteiger partial charge >= 0.3 is 0 Å². The van der Waals surface area contributed by atoms with E-state index in [0.29, 0.717) is 6.42 Å². The Kier molecular flexibility index (Phi) is 5.26. The lowest BCUT2D eigenvalue weighted by Gasteiger charge is -2.28. The molecule has 0 bridgehead atoms. The monoisotopic (exact) mass is 323 g/mol. The van der Waals surface area contributed by atoms with Crippen LogP contribution in [0, 0.1) is 18.8 Å². The normalized spacial score (nSPS) is 23.4. The third kappa shape index (κ3) is 3.82. The van der Waals surface area contributed by atoms with Gasteiger partial charge in [0.1, 0.15) is 0 Å². The fraction of sp³-hybridized carbons (Fsp3) is 0.400. The first-order valence-electron chi connectivity index (χ1n) is 8.65. The molecule has 2 N–H and O–H groups in total. The summed E-state index contributed by atoms with van der Waals surface area (Å²) in [6, 6.07) is 7.87. The van der Waals surface area contributed by atoms with Gasteiger partial charge < -0.3 is 10.6 Å². The zero-order chi connectivity index (χ0) is 16.9. The lowest BCUT2D eigenvalue weighted by molar-refractivity contribution is -0.116. The van der Waals surface area contributed by atoms with Gasteiger partial charge in [-0.15, -0.1) is 0 Å². The molecule has 1 amide bonds. The molecule has 2 atom stereocenters. The number of hydrogen-bond donors (Lipinski definition) is 2. The quantitative estimate of drug-likeness (QED) is 0.891. The fourth-order valence-corrected chi connectivity index (χ4v) is 3.32. The van der Waals surface area contributed by atoms with Crippen LogP contribution in [0.2, 0.25) is 0 Å². The Morgan fingerprint density at radius 1 is 1.38 bits per heavy atom. The summed E-state index contributed by atoms with van der Waals surface area (Å²) in [5.74, 6) is 0.519. The molecule has 0 saturated carbocycles. The fourth-order valence-electron chi connectivity index (χ4n) is 3.32. The van der Waals surface area contributed by atoms with Crippen molar-refractivity contribution in [1.29, 1.82) is 0 Å². The molecule has 2 aliphatic rings. The highest BCUT2D eigenvalue weighted by molar-refractivity contribution is 6.03. The maximum Gasteiger partial charge on any atom is 0.224 e. The highest BCUT2D eigenvalue weighted by Crippen LogP contribution is 2.28. The number of carbonyl (C=O) groups excluding carboxylic acids is 1. The van der Waals surface area contributed by atoms with Crippen LogP contribution in [-0.4, -0.2) is 24.7 Å². The van der Waals surface area contributed by atoms with Gasteiger partial charge in [-0.1, -0.05) is 37.3 Å². The largest absolute Gasteiger partial charge is 0.326 e. The number of aryl methyl sites for hydroxylation is 1. The van der Waals surface area contributed by atoms with E-state index in [0.717, 1.165) is 36.5 Å². The van der Waals surface area contributed by atoms with Crippen LogP contribution < -0.4 is 10.6 Å². The van der Waals surface area contributed by atoms with E-state index in [4.69, 9.17) is 0 Å². The van der Waals surface area contributed by atoms with Crippen LogP contribution in [0.5, 0.6) is 0 Å². The molecule has 0 spiro atoms. The van der Waals surface area contributed by atoms with Crippen molar-refractivity contribution in [2.24, 2.45) is 16.8 Å². The molecule has 2 heterocycles. The molecule has 0 radical (unpaired) electrons. The molecular formula is C20H25N3O. The van der Waals surface area contributed by atoms with Crippen molar-refractivity contribution in [1.82, 2.24) is 5.32 Å². The van der Waals surface area contributed by atoms with Crippen molar-refractivity contribution in [2.75, 3.05) is 18.4 Å². The highest BCUT2D eigenvalue weighted by atomic mass is 16.1. The van der Waals surface area contributed by atoms with E-state index in [9.17, 15) is 4.79 Å². The number of rotatable bonds is 4. The first kappa shape index (κ1) is 16.7. The van der Waals surface area contributed by atoms with Gasteiger partial charge in [0.2, 0.25) is 5.91 Å². The van der Waals surface area contributed by atoms with E-state index in [1.54, 1.807) is 0 Å². The van der Waals surface area contributed by atoms with Crippen LogP contribution in [0.3, 0.4) is 0 Å². The lowest BCUT2D eigenvalue weighted by Crippen LogP contribution is -2.31. The molecular weight excluding hydrogens is 298 g/mol. The third-order valence-corrected chi connectivity index (χ3v) is 4.85. The first-order chi connectivity index (χ1) is 11.6. The van der Waals surface area contributed by atoms with Gasteiger partial charge in [0.15, 0.2) is 0 Å². The van der Waals surface area contributed by atoms with Crippen LogP contribution in [-0.2, 0) is 4.79 Å². The molecule has 1 aromatic carbocycles. The highest BCUT2D eigenvalue weighted by Gasteiger charge is 2.27. The number of anilines is 1. The van der Waals surface area contributed by atoms with E-state index in [1.165, 1.54) is 5.57 Å². The van der Waals surface area contributed by atoms with Crippen molar-refractivity contribution in [3.8, 4) is 0 Å². The van der Waals surface area contributed by atoms with E-state index < -0.39 is 0 Å². The van der Waals surface area contributed by atoms with Crippen LogP contribution in [0.25, 0.3) is 0 Å². The Morgan fingerprint density at radius 2 is 2.21 bits per heavy atom. The summed E-state index contributed by atoms with van der Waals surface area (Å²) in [6.07, 6.45) is 7.65. The standard InChI is InChI=1S/C20H25N3O/c1-14-5-3-4-6-18(14)23-19(24)13-17-9-12-22-20(15(17)2)16-7-10-21-11-8-16/h3-7,9,12,15,17,21H,8,10-11,13H2,1-2H3,(H,23,24)/t15-,17?/m1/s1. The summed E-state index contributed by atoms with van der Waals surface area (Å²) < 4.78 is 0. The Labute approximate surface area is 143 Å². The van der Waals surface area contributed by atoms with Crippen molar-refractivity contribution in [3.63, 3.8) is 0 Å². The van der Waals surface area contributed by atoms with Crippen LogP contribution in [0.4, 0.5) is 5.69 Å². The second kappa shape index (κ2) is 7.58. The first-order valence-corrected chi connectivity index (χ1v) is 8.65. The second-order valence-electron chi connectivity index (χ2n) is 6.56. The Morgan fingerprint density at radius 3 is 2.96 bits per heavy atom. The van der Waals surface area contributed by atoms with Gasteiger partial charge in [-0.2, -0.15) is 0 Å². The van der Waals surface area contributed by atoms with Crippen LogP contribution in [0.15, 0.2) is 53.2 Å². The Bertz CT molecular complexity index is 703. The van der Waals surface area contributed by atoms with Gasteiger partial charge in [-0.05, 0) is 43.0 Å². The molecule has 0 fully saturated rings. The summed E-state index contributed by atoms with van der Waals surface area (Å²) in [6.45, 7) is 6.09. The number of para-hydroxylation sites is 1. The van der Waals surface area contributed by atoms with Crippen LogP contribution in [0.1, 0.15) is 25.3 Å². The minimum atomic E-state index is 0.0614. The molecule has 2 aliphatic heterocycles. The topological polar surface area (TPSA) is 53.5 Å². The van der Waals surface area contributed by atoms with Gasteiger partial charge in [0.05, 0.1) is 0 Å². The minimum Gasteiger partial charge on any atom is -0.326 e. The summed E-state index contributed by atoms with van der Waals surface area (Å²) in [5.41, 5.74) is 4.45. The number of benzene rings is 1. The summed E-state index contributed by atoms with van der Waals surface area (Å²) >= 11 is 0. The summed E-state index contributed by atoms with van der Waals surface area (Å²) in [4.78, 5) is 17.1. The average Bonchev–Trinajstić information content (AvgIpc) is 2.60. The second-order valence-corrected chi connectivity index (χ2v) is 6.56. The van der Waals surface area contributed by atoms with E-state index in [1.807, 2.05) is 37.4 Å². The minimum absolute atomic E-state index is 0.0614. The predicted molar refractivity (Wildman–Crippen MR) is 99.2 cm³/mol. The number of carbonyl (C=O) groups is 1. The molecule has 4 nitrogen and oxygen atoms in total. The Hall–Kier alpha value is -2.20. The van der Waals surface area contributed by atoms with Gasteiger partial charge in [-0.3, -0.25) is 9.79 Å².